The monoisotopic (exact) mass is 344 g/mol. The van der Waals surface area contributed by atoms with E-state index in [2.05, 4.69) is 5.92 Å². The number of aromatic hydroxyl groups is 1. The maximum absolute atomic E-state index is 14.8. The Morgan fingerprint density at radius 3 is 2.84 bits per heavy atom. The van der Waals surface area contributed by atoms with Gasteiger partial charge in [-0.05, 0) is 60.8 Å². The van der Waals surface area contributed by atoms with Crippen molar-refractivity contribution in [3.05, 3.63) is 29.3 Å². The van der Waals surface area contributed by atoms with Gasteiger partial charge in [-0.15, -0.1) is 6.42 Å². The number of methoxy groups -OCH3 is 1. The summed E-state index contributed by atoms with van der Waals surface area (Å²) < 4.78 is 20.6. The van der Waals surface area contributed by atoms with Crippen molar-refractivity contribution >= 4 is 0 Å². The zero-order valence-electron chi connectivity index (χ0n) is 14.7. The lowest BCUT2D eigenvalue weighted by atomic mass is 9.52. The largest absolute Gasteiger partial charge is 0.508 e. The fourth-order valence-corrected chi connectivity index (χ4v) is 6.07. The molecule has 1 aromatic carbocycles. The molecule has 0 heterocycles. The number of fused-ring (bicyclic) bond motifs is 5. The van der Waals surface area contributed by atoms with E-state index < -0.39 is 17.2 Å². The first kappa shape index (κ1) is 16.9. The topological polar surface area (TPSA) is 49.7 Å². The van der Waals surface area contributed by atoms with Crippen molar-refractivity contribution in [1.29, 1.82) is 0 Å². The molecule has 4 rings (SSSR count). The number of alkyl halides is 1. The molecule has 0 amide bonds. The first-order chi connectivity index (χ1) is 11.9. The molecule has 3 nitrogen and oxygen atoms in total. The van der Waals surface area contributed by atoms with Crippen LogP contribution < -0.4 is 0 Å². The Morgan fingerprint density at radius 2 is 2.16 bits per heavy atom. The van der Waals surface area contributed by atoms with Crippen molar-refractivity contribution < 1.29 is 19.3 Å². The van der Waals surface area contributed by atoms with Gasteiger partial charge in [-0.3, -0.25) is 0 Å². The fraction of sp³-hybridized carbons (Fsp3) is 0.619. The second-order valence-corrected chi connectivity index (χ2v) is 8.23. The van der Waals surface area contributed by atoms with Gasteiger partial charge in [-0.25, -0.2) is 4.39 Å². The third-order valence-corrected chi connectivity index (χ3v) is 7.36. The molecule has 4 heteroatoms. The Balaban J connectivity index is 1.81. The number of rotatable bonds is 1. The average Bonchev–Trinajstić information content (AvgIpc) is 2.81. The Bertz CT molecular complexity index is 741. The minimum atomic E-state index is -1.73. The molecule has 1 aromatic rings. The van der Waals surface area contributed by atoms with Gasteiger partial charge in [0.1, 0.15) is 11.9 Å². The van der Waals surface area contributed by atoms with Crippen molar-refractivity contribution in [2.24, 2.45) is 17.3 Å². The predicted octanol–water partition coefficient (Wildman–Crippen LogP) is 3.19. The van der Waals surface area contributed by atoms with Crippen molar-refractivity contribution in [2.75, 3.05) is 7.11 Å². The number of terminal acetylenes is 1. The van der Waals surface area contributed by atoms with E-state index in [1.807, 2.05) is 19.1 Å². The van der Waals surface area contributed by atoms with Gasteiger partial charge in [-0.2, -0.15) is 0 Å². The summed E-state index contributed by atoms with van der Waals surface area (Å²) in [6.07, 6.45) is 6.66. The summed E-state index contributed by atoms with van der Waals surface area (Å²) in [7, 11) is 1.68. The molecule has 2 N–H and O–H groups in total. The molecule has 0 saturated heterocycles. The van der Waals surface area contributed by atoms with E-state index in [0.717, 1.165) is 18.4 Å². The summed E-state index contributed by atoms with van der Waals surface area (Å²) >= 11 is 0. The van der Waals surface area contributed by atoms with Crippen LogP contribution in [0.2, 0.25) is 0 Å². The van der Waals surface area contributed by atoms with Crippen LogP contribution in [0.5, 0.6) is 5.75 Å². The Kier molecular flexibility index (Phi) is 3.69. The second-order valence-electron chi connectivity index (χ2n) is 8.23. The average molecular weight is 344 g/mol. The minimum Gasteiger partial charge on any atom is -0.508 e. The lowest BCUT2D eigenvalue weighted by molar-refractivity contribution is -0.126. The number of benzene rings is 1. The Morgan fingerprint density at radius 1 is 1.40 bits per heavy atom. The summed E-state index contributed by atoms with van der Waals surface area (Å²) in [5.41, 5.74) is -0.0741. The summed E-state index contributed by atoms with van der Waals surface area (Å²) in [5, 5.41) is 20.8. The van der Waals surface area contributed by atoms with Gasteiger partial charge in [0.25, 0.3) is 0 Å². The van der Waals surface area contributed by atoms with Crippen LogP contribution >= 0.6 is 0 Å². The lowest BCUT2D eigenvalue weighted by Crippen LogP contribution is -2.56. The van der Waals surface area contributed by atoms with Gasteiger partial charge < -0.3 is 14.9 Å². The number of hydrogen-bond acceptors (Lipinski definition) is 3. The summed E-state index contributed by atoms with van der Waals surface area (Å²) in [4.78, 5) is 0. The molecule has 3 aliphatic rings. The van der Waals surface area contributed by atoms with E-state index in [9.17, 15) is 14.6 Å². The van der Waals surface area contributed by atoms with Crippen molar-refractivity contribution in [2.45, 2.75) is 56.4 Å². The van der Waals surface area contributed by atoms with Gasteiger partial charge in [0, 0.05) is 18.4 Å². The van der Waals surface area contributed by atoms with Crippen LogP contribution in [0.3, 0.4) is 0 Å². The molecule has 0 bridgehead atoms. The third-order valence-electron chi connectivity index (χ3n) is 7.36. The maximum atomic E-state index is 14.8. The molecule has 0 spiro atoms. The van der Waals surface area contributed by atoms with Gasteiger partial charge >= 0.3 is 0 Å². The van der Waals surface area contributed by atoms with Crippen LogP contribution in [0.25, 0.3) is 0 Å². The molecule has 25 heavy (non-hydrogen) atoms. The summed E-state index contributed by atoms with van der Waals surface area (Å²) in [6.45, 7) is 1.94. The Hall–Kier alpha value is -1.57. The number of aryl methyl sites for hydroxylation is 1. The van der Waals surface area contributed by atoms with E-state index in [-0.39, 0.29) is 29.6 Å². The Labute approximate surface area is 148 Å². The molecule has 2 saturated carbocycles. The van der Waals surface area contributed by atoms with Gasteiger partial charge in [0.05, 0.1) is 6.10 Å². The number of phenols is 1. The highest BCUT2D eigenvalue weighted by Gasteiger charge is 2.68. The first-order valence-corrected chi connectivity index (χ1v) is 9.04. The number of halogens is 1. The molecule has 0 aliphatic heterocycles. The van der Waals surface area contributed by atoms with Crippen LogP contribution in [0.15, 0.2) is 18.2 Å². The highest BCUT2D eigenvalue weighted by molar-refractivity contribution is 5.42. The molecule has 0 aromatic heterocycles. The van der Waals surface area contributed by atoms with Crippen LogP contribution in [0, 0.1) is 29.6 Å². The fourth-order valence-electron chi connectivity index (χ4n) is 6.07. The predicted molar refractivity (Wildman–Crippen MR) is 93.0 cm³/mol. The van der Waals surface area contributed by atoms with Crippen molar-refractivity contribution in [3.63, 3.8) is 0 Å². The maximum Gasteiger partial charge on any atom is 0.161 e. The van der Waals surface area contributed by atoms with Gasteiger partial charge in [0.2, 0.25) is 0 Å². The van der Waals surface area contributed by atoms with E-state index in [1.165, 1.54) is 5.56 Å². The molecule has 134 valence electrons. The second kappa shape index (κ2) is 5.46. The van der Waals surface area contributed by atoms with Crippen LogP contribution in [-0.2, 0) is 11.2 Å². The van der Waals surface area contributed by atoms with Crippen molar-refractivity contribution in [3.8, 4) is 18.1 Å². The summed E-state index contributed by atoms with van der Waals surface area (Å²) in [5.74, 6) is 3.07. The van der Waals surface area contributed by atoms with Crippen LogP contribution in [0.4, 0.5) is 4.39 Å². The van der Waals surface area contributed by atoms with Crippen LogP contribution in [-0.4, -0.2) is 35.2 Å². The molecule has 3 aliphatic carbocycles. The molecule has 3 unspecified atom stereocenters. The minimum absolute atomic E-state index is 0.0295. The quantitative estimate of drug-likeness (QED) is 0.769. The molecular weight excluding hydrogens is 319 g/mol. The van der Waals surface area contributed by atoms with Crippen molar-refractivity contribution in [1.82, 2.24) is 0 Å². The standard InChI is InChI=1S/C21H25FO3/c1-4-21(24)18(22)10-16-15-7-5-12-9-13(23)6-8-14(12)19(15)17(25-3)11-20(16,21)2/h1,6,8-9,15-19,23-24H,5,7,10-11H2,2-3H3/t15?,16?,17-,18-,19?,20-,21-/m0/s1. The van der Waals surface area contributed by atoms with E-state index in [4.69, 9.17) is 11.2 Å². The van der Waals surface area contributed by atoms with Gasteiger partial charge in [-0.1, -0.05) is 18.9 Å². The van der Waals surface area contributed by atoms with Gasteiger partial charge in [0.15, 0.2) is 5.60 Å². The highest BCUT2D eigenvalue weighted by atomic mass is 19.1. The number of phenolic OH excluding ortho intramolecular Hbond substituents is 1. The lowest BCUT2D eigenvalue weighted by Gasteiger charge is -2.54. The van der Waals surface area contributed by atoms with E-state index in [1.54, 1.807) is 13.2 Å². The normalized spacial score (nSPS) is 45.2. The zero-order chi connectivity index (χ0) is 18.0. The van der Waals surface area contributed by atoms with E-state index in [0.29, 0.717) is 12.8 Å². The molecule has 7 atom stereocenters. The van der Waals surface area contributed by atoms with Crippen LogP contribution in [0.1, 0.15) is 43.2 Å². The highest BCUT2D eigenvalue weighted by Crippen LogP contribution is 2.65. The van der Waals surface area contributed by atoms with E-state index >= 15 is 0 Å². The smallest absolute Gasteiger partial charge is 0.161 e. The molecule has 2 fully saturated rings. The zero-order valence-corrected chi connectivity index (χ0v) is 14.7. The first-order valence-electron chi connectivity index (χ1n) is 9.04. The third kappa shape index (κ3) is 2.06. The number of hydrogen-bond donors (Lipinski definition) is 2. The summed E-state index contributed by atoms with van der Waals surface area (Å²) in [6, 6.07) is 5.52. The SMILES string of the molecule is C#C[C@]1(O)[C@@H](F)CC2C3CCc4cc(O)ccc4C3[C@@H](OC)C[C@@]21C. The number of aliphatic hydroxyl groups is 1. The number of ether oxygens (including phenoxy) is 1. The molecular formula is C21H25FO3. The molecule has 0 radical (unpaired) electrons.